The molecular weight excluding hydrogens is 518 g/mol. The molecule has 1 heterocycles. The molecule has 0 bridgehead atoms. The summed E-state index contributed by atoms with van der Waals surface area (Å²) in [5, 5.41) is 0. The first kappa shape index (κ1) is 29.6. The number of carbonyl (C=O) groups is 3. The highest BCUT2D eigenvalue weighted by molar-refractivity contribution is 6.03. The number of rotatable bonds is 9. The number of ether oxygens (including phenoxy) is 3. The molecule has 3 aromatic carbocycles. The van der Waals surface area contributed by atoms with Crippen molar-refractivity contribution >= 4 is 17.7 Å². The smallest absolute Gasteiger partial charge is 0.338 e. The molecule has 0 aliphatic carbocycles. The zero-order valence-corrected chi connectivity index (χ0v) is 24.0. The minimum absolute atomic E-state index is 0.0850. The Morgan fingerprint density at radius 2 is 1.15 bits per heavy atom. The Kier molecular flexibility index (Phi) is 9.01. The van der Waals surface area contributed by atoms with Crippen LogP contribution >= 0.6 is 0 Å². The van der Waals surface area contributed by atoms with Crippen LogP contribution in [0.3, 0.4) is 0 Å². The van der Waals surface area contributed by atoms with Gasteiger partial charge in [-0.15, -0.1) is 0 Å². The van der Waals surface area contributed by atoms with Crippen molar-refractivity contribution in [3.63, 3.8) is 0 Å². The Morgan fingerprint density at radius 3 is 1.66 bits per heavy atom. The third-order valence-corrected chi connectivity index (χ3v) is 7.10. The summed E-state index contributed by atoms with van der Waals surface area (Å²) in [6, 6.07) is 20.6. The summed E-state index contributed by atoms with van der Waals surface area (Å²) in [4.78, 5) is 39.8. The Hall–Kier alpha value is -4.33. The summed E-state index contributed by atoms with van der Waals surface area (Å²) in [5.74, 6) is -0.942. The maximum atomic E-state index is 13.3. The number of carbonyl (C=O) groups excluding carboxylic acids is 3. The van der Waals surface area contributed by atoms with Gasteiger partial charge in [-0.05, 0) is 62.1 Å². The predicted molar refractivity (Wildman–Crippen MR) is 159 cm³/mol. The van der Waals surface area contributed by atoms with Gasteiger partial charge in [0, 0.05) is 29.8 Å². The highest BCUT2D eigenvalue weighted by atomic mass is 16.6. The van der Waals surface area contributed by atoms with Crippen LogP contribution in [0.2, 0.25) is 0 Å². The maximum Gasteiger partial charge on any atom is 0.338 e. The van der Waals surface area contributed by atoms with Crippen LogP contribution in [-0.2, 0) is 14.3 Å². The van der Waals surface area contributed by atoms with Crippen LogP contribution in [0.4, 0.5) is 0 Å². The largest absolute Gasteiger partial charge is 0.419 e. The monoisotopic (exact) mass is 553 g/mol. The third-order valence-electron chi connectivity index (χ3n) is 7.10. The summed E-state index contributed by atoms with van der Waals surface area (Å²) in [6.45, 7) is 17.0. The molecule has 3 aromatic rings. The van der Waals surface area contributed by atoms with Crippen LogP contribution < -0.4 is 9.47 Å². The molecule has 0 amide bonds. The van der Waals surface area contributed by atoms with E-state index >= 15 is 0 Å². The van der Waals surface area contributed by atoms with E-state index in [1.807, 2.05) is 62.4 Å². The molecule has 7 heteroatoms. The molecule has 4 rings (SSSR count). The number of ketones is 1. The first-order valence-corrected chi connectivity index (χ1v) is 13.5. The molecule has 7 nitrogen and oxygen atoms in total. The summed E-state index contributed by atoms with van der Waals surface area (Å²) < 4.78 is 16.3. The fourth-order valence-electron chi connectivity index (χ4n) is 4.51. The average molecular weight is 554 g/mol. The van der Waals surface area contributed by atoms with E-state index in [4.69, 9.17) is 14.2 Å². The second-order valence-electron chi connectivity index (χ2n) is 10.6. The molecule has 0 aromatic heterocycles. The Balaban J connectivity index is 1.54. The first-order valence-electron chi connectivity index (χ1n) is 13.5. The number of nitrogens with zero attached hydrogens (tertiary/aromatic N) is 1. The molecule has 1 aliphatic heterocycles. The second-order valence-corrected chi connectivity index (χ2v) is 10.6. The van der Waals surface area contributed by atoms with Gasteiger partial charge in [-0.3, -0.25) is 9.69 Å². The molecule has 0 spiro atoms. The van der Waals surface area contributed by atoms with Crippen molar-refractivity contribution in [1.82, 2.24) is 4.90 Å². The molecule has 0 unspecified atom stereocenters. The van der Waals surface area contributed by atoms with Crippen LogP contribution in [0.15, 0.2) is 91.0 Å². The minimum Gasteiger partial charge on any atom is -0.419 e. The number of morpholine rings is 1. The predicted octanol–water partition coefficient (Wildman–Crippen LogP) is 6.28. The molecule has 0 atom stereocenters. The van der Waals surface area contributed by atoms with E-state index in [0.717, 1.165) is 35.3 Å². The van der Waals surface area contributed by atoms with Crippen molar-refractivity contribution in [2.24, 2.45) is 0 Å². The number of hydrogen-bond acceptors (Lipinski definition) is 7. The van der Waals surface area contributed by atoms with Gasteiger partial charge in [-0.2, -0.15) is 0 Å². The lowest BCUT2D eigenvalue weighted by Crippen LogP contribution is -2.54. The molecule has 0 N–H and O–H groups in total. The molecule has 1 fully saturated rings. The van der Waals surface area contributed by atoms with Gasteiger partial charge in [0.25, 0.3) is 0 Å². The lowest BCUT2D eigenvalue weighted by Gasteiger charge is -2.39. The van der Waals surface area contributed by atoms with Gasteiger partial charge in [-0.1, -0.05) is 67.8 Å². The van der Waals surface area contributed by atoms with Gasteiger partial charge < -0.3 is 14.2 Å². The van der Waals surface area contributed by atoms with Crippen LogP contribution in [0.5, 0.6) is 11.5 Å². The maximum absolute atomic E-state index is 13.3. The van der Waals surface area contributed by atoms with Crippen LogP contribution in [-0.4, -0.2) is 54.5 Å². The van der Waals surface area contributed by atoms with Gasteiger partial charge in [-0.25, -0.2) is 9.59 Å². The van der Waals surface area contributed by atoms with E-state index in [0.29, 0.717) is 18.8 Å². The summed E-state index contributed by atoms with van der Waals surface area (Å²) in [5.41, 5.74) is 4.11. The molecule has 0 saturated carbocycles. The zero-order chi connectivity index (χ0) is 29.7. The minimum atomic E-state index is -0.625. The normalized spacial score (nSPS) is 13.8. The van der Waals surface area contributed by atoms with Crippen molar-refractivity contribution in [2.45, 2.75) is 33.2 Å². The van der Waals surface area contributed by atoms with Gasteiger partial charge in [0.2, 0.25) is 0 Å². The van der Waals surface area contributed by atoms with Gasteiger partial charge in [0.1, 0.15) is 0 Å². The third kappa shape index (κ3) is 6.88. The molecule has 1 aliphatic rings. The first-order chi connectivity index (χ1) is 19.5. The fraction of sp³-hybridized carbons (Fsp3) is 0.265. The van der Waals surface area contributed by atoms with E-state index in [9.17, 15) is 14.4 Å². The molecule has 41 heavy (non-hydrogen) atoms. The standard InChI is InChI=1S/C34H35NO6/c1-22(2)32(37)40-29-16-15-28(21-30(29)41-33(38)23(3)4)26-9-7-24(8-10-26)25-11-13-27(14-12-25)31(36)34(5,6)35-17-19-39-20-18-35/h7-16,21H,1,3,17-20H2,2,4-6H3. The van der Waals surface area contributed by atoms with Crippen LogP contribution in [0.1, 0.15) is 38.1 Å². The quantitative estimate of drug-likeness (QED) is 0.134. The topological polar surface area (TPSA) is 82.1 Å². The molecule has 212 valence electrons. The van der Waals surface area contributed by atoms with E-state index in [1.165, 1.54) is 13.8 Å². The molecular formula is C34H35NO6. The second kappa shape index (κ2) is 12.5. The van der Waals surface area contributed by atoms with Gasteiger partial charge >= 0.3 is 11.9 Å². The zero-order valence-electron chi connectivity index (χ0n) is 24.0. The average Bonchev–Trinajstić information content (AvgIpc) is 2.98. The lowest BCUT2D eigenvalue weighted by atomic mass is 9.90. The van der Waals surface area contributed by atoms with Crippen molar-refractivity contribution in [3.8, 4) is 33.8 Å². The number of esters is 2. The Labute approximate surface area is 241 Å². The van der Waals surface area contributed by atoms with E-state index in [1.54, 1.807) is 18.2 Å². The Morgan fingerprint density at radius 1 is 0.707 bits per heavy atom. The van der Waals surface area contributed by atoms with E-state index in [2.05, 4.69) is 18.1 Å². The van der Waals surface area contributed by atoms with Crippen molar-refractivity contribution < 1.29 is 28.6 Å². The summed E-state index contributed by atoms with van der Waals surface area (Å²) in [7, 11) is 0. The summed E-state index contributed by atoms with van der Waals surface area (Å²) in [6.07, 6.45) is 0. The number of Topliss-reactive ketones (excluding diaryl/α,β-unsaturated/α-hetero) is 1. The lowest BCUT2D eigenvalue weighted by molar-refractivity contribution is -0.132. The number of benzene rings is 3. The van der Waals surface area contributed by atoms with Crippen molar-refractivity contribution in [3.05, 3.63) is 96.6 Å². The van der Waals surface area contributed by atoms with Gasteiger partial charge in [0.05, 0.1) is 18.8 Å². The number of hydrogen-bond donors (Lipinski definition) is 0. The Bertz CT molecular complexity index is 1480. The molecule has 1 saturated heterocycles. The van der Waals surface area contributed by atoms with Crippen LogP contribution in [0, 0.1) is 0 Å². The van der Waals surface area contributed by atoms with Crippen molar-refractivity contribution in [2.75, 3.05) is 26.3 Å². The van der Waals surface area contributed by atoms with Crippen molar-refractivity contribution in [1.29, 1.82) is 0 Å². The molecule has 0 radical (unpaired) electrons. The summed E-state index contributed by atoms with van der Waals surface area (Å²) >= 11 is 0. The van der Waals surface area contributed by atoms with Crippen LogP contribution in [0.25, 0.3) is 22.3 Å². The van der Waals surface area contributed by atoms with E-state index < -0.39 is 17.5 Å². The fourth-order valence-corrected chi connectivity index (χ4v) is 4.51. The van der Waals surface area contributed by atoms with E-state index in [-0.39, 0.29) is 28.4 Å². The SMILES string of the molecule is C=C(C)C(=O)Oc1ccc(-c2ccc(-c3ccc(C(=O)C(C)(C)N4CCOCC4)cc3)cc2)cc1OC(=O)C(=C)C. The van der Waals surface area contributed by atoms with Gasteiger partial charge in [0.15, 0.2) is 17.3 Å². The highest BCUT2D eigenvalue weighted by Gasteiger charge is 2.35. The highest BCUT2D eigenvalue weighted by Crippen LogP contribution is 2.35.